The highest BCUT2D eigenvalue weighted by Crippen LogP contribution is 2.55. The number of allylic oxidation sites excluding steroid dienone is 2. The minimum atomic E-state index is -1.03. The summed E-state index contributed by atoms with van der Waals surface area (Å²) in [7, 11) is 1.51. The zero-order valence-corrected chi connectivity index (χ0v) is 16.9. The lowest BCUT2D eigenvalue weighted by molar-refractivity contribution is -0.137. The van der Waals surface area contributed by atoms with Crippen molar-refractivity contribution in [2.24, 2.45) is 11.7 Å². The third kappa shape index (κ3) is 2.64. The van der Waals surface area contributed by atoms with Gasteiger partial charge in [0.25, 0.3) is 0 Å². The quantitative estimate of drug-likeness (QED) is 0.460. The Kier molecular flexibility index (Phi) is 4.21. The topological polar surface area (TPSA) is 133 Å². The Labute approximate surface area is 177 Å². The maximum Gasteiger partial charge on any atom is 0.404 e. The van der Waals surface area contributed by atoms with E-state index in [4.69, 9.17) is 15.2 Å². The van der Waals surface area contributed by atoms with Gasteiger partial charge >= 0.3 is 6.09 Å². The first kappa shape index (κ1) is 19.7. The number of Topliss-reactive ketones (excluding diaryl/α,β-unsaturated/α-hetero) is 2. The third-order valence-corrected chi connectivity index (χ3v) is 6.54. The first-order chi connectivity index (χ1) is 14.8. The van der Waals surface area contributed by atoms with Crippen LogP contribution in [0.1, 0.15) is 6.92 Å². The normalized spacial score (nSPS) is 30.9. The Balaban J connectivity index is 1.56. The van der Waals surface area contributed by atoms with Crippen molar-refractivity contribution in [1.82, 2.24) is 10.2 Å². The fraction of sp³-hybridized carbons (Fsp3) is 0.381. The van der Waals surface area contributed by atoms with Crippen molar-refractivity contribution in [3.63, 3.8) is 0 Å². The number of ketones is 2. The molecule has 3 heterocycles. The van der Waals surface area contributed by atoms with E-state index in [2.05, 4.69) is 10.6 Å². The van der Waals surface area contributed by atoms with E-state index in [-0.39, 0.29) is 47.0 Å². The lowest BCUT2D eigenvalue weighted by Crippen LogP contribution is -2.55. The summed E-state index contributed by atoms with van der Waals surface area (Å²) in [6.07, 6.45) is -0.976. The van der Waals surface area contributed by atoms with Crippen LogP contribution in [0.2, 0.25) is 0 Å². The maximum absolute atomic E-state index is 13.6. The molecule has 0 radical (unpaired) electrons. The molecule has 3 aliphatic heterocycles. The lowest BCUT2D eigenvalue weighted by Gasteiger charge is -2.39. The number of carbonyl (C=O) groups is 3. The third-order valence-electron chi connectivity index (χ3n) is 6.54. The second kappa shape index (κ2) is 6.63. The molecule has 1 aliphatic carbocycles. The Morgan fingerprint density at radius 1 is 1.32 bits per heavy atom. The van der Waals surface area contributed by atoms with E-state index in [1.165, 1.54) is 31.4 Å². The summed E-state index contributed by atoms with van der Waals surface area (Å²) in [5.74, 6) is -1.82. The van der Waals surface area contributed by atoms with Gasteiger partial charge in [-0.1, -0.05) is 0 Å². The van der Waals surface area contributed by atoms with Crippen LogP contribution in [-0.4, -0.2) is 60.6 Å². The van der Waals surface area contributed by atoms with Gasteiger partial charge in [0, 0.05) is 36.5 Å². The number of primary amides is 1. The van der Waals surface area contributed by atoms with E-state index >= 15 is 0 Å². The van der Waals surface area contributed by atoms with Crippen molar-refractivity contribution in [2.75, 3.05) is 25.6 Å². The molecule has 5 rings (SSSR count). The highest BCUT2D eigenvalue weighted by molar-refractivity contribution is 6.26. The number of carbonyl (C=O) groups excluding carboxylic acids is 3. The molecule has 4 aliphatic rings. The van der Waals surface area contributed by atoms with Crippen LogP contribution in [-0.2, 0) is 19.1 Å². The first-order valence-electron chi connectivity index (χ1n) is 9.87. The summed E-state index contributed by atoms with van der Waals surface area (Å²) in [6.45, 7) is 1.87. The van der Waals surface area contributed by atoms with E-state index in [1.54, 1.807) is 6.92 Å². The summed E-state index contributed by atoms with van der Waals surface area (Å²) in [6, 6.07) is 5.48. The number of methoxy groups -OCH3 is 1. The summed E-state index contributed by atoms with van der Waals surface area (Å²) >= 11 is 0. The molecule has 2 fully saturated rings. The van der Waals surface area contributed by atoms with E-state index in [9.17, 15) is 18.8 Å². The molecule has 1 aromatic rings. The molecule has 4 N–H and O–H groups in total. The van der Waals surface area contributed by atoms with Crippen molar-refractivity contribution in [2.45, 2.75) is 24.7 Å². The monoisotopic (exact) mass is 428 g/mol. The molecule has 2 saturated heterocycles. The fourth-order valence-electron chi connectivity index (χ4n) is 5.12. The van der Waals surface area contributed by atoms with Gasteiger partial charge in [0.05, 0.1) is 23.4 Å². The minimum absolute atomic E-state index is 0.104. The Hall–Kier alpha value is -3.24. The van der Waals surface area contributed by atoms with Gasteiger partial charge in [-0.2, -0.15) is 0 Å². The number of anilines is 1. The molecule has 0 aromatic heterocycles. The number of fused-ring (bicyclic) bond motifs is 4. The van der Waals surface area contributed by atoms with Gasteiger partial charge in [-0.25, -0.2) is 9.18 Å². The lowest BCUT2D eigenvalue weighted by atomic mass is 9.82. The smallest absolute Gasteiger partial charge is 0.404 e. The predicted octanol–water partition coefficient (Wildman–Crippen LogP) is 0.641. The maximum atomic E-state index is 13.6. The molecular weight excluding hydrogens is 407 g/mol. The summed E-state index contributed by atoms with van der Waals surface area (Å²) in [5, 5.41) is 6.26. The summed E-state index contributed by atoms with van der Waals surface area (Å²) in [5.41, 5.74) is 5.49. The van der Waals surface area contributed by atoms with Gasteiger partial charge in [-0.3, -0.25) is 9.59 Å². The molecular formula is C21H21FN4O5. The molecule has 1 amide bonds. The fourth-order valence-corrected chi connectivity index (χ4v) is 5.12. The number of hydrogen-bond donors (Lipinski definition) is 3. The highest BCUT2D eigenvalue weighted by Gasteiger charge is 2.72. The Morgan fingerprint density at radius 2 is 2.03 bits per heavy atom. The van der Waals surface area contributed by atoms with Gasteiger partial charge in [0.2, 0.25) is 11.6 Å². The van der Waals surface area contributed by atoms with Crippen molar-refractivity contribution in [3.8, 4) is 0 Å². The van der Waals surface area contributed by atoms with Gasteiger partial charge < -0.3 is 30.7 Å². The van der Waals surface area contributed by atoms with Crippen LogP contribution in [0.5, 0.6) is 0 Å². The van der Waals surface area contributed by atoms with Crippen molar-refractivity contribution < 1.29 is 28.2 Å². The van der Waals surface area contributed by atoms with Crippen LogP contribution in [0.4, 0.5) is 14.9 Å². The zero-order valence-electron chi connectivity index (χ0n) is 16.9. The van der Waals surface area contributed by atoms with E-state index in [0.717, 1.165) is 0 Å². The largest absolute Gasteiger partial charge is 0.449 e. The van der Waals surface area contributed by atoms with E-state index in [0.29, 0.717) is 12.2 Å². The van der Waals surface area contributed by atoms with Crippen LogP contribution in [0.25, 0.3) is 0 Å². The van der Waals surface area contributed by atoms with Gasteiger partial charge in [0.1, 0.15) is 12.4 Å². The highest BCUT2D eigenvalue weighted by atomic mass is 19.1. The predicted molar refractivity (Wildman–Crippen MR) is 106 cm³/mol. The minimum Gasteiger partial charge on any atom is -0.449 e. The summed E-state index contributed by atoms with van der Waals surface area (Å²) in [4.78, 5) is 40.2. The average molecular weight is 428 g/mol. The van der Waals surface area contributed by atoms with Gasteiger partial charge in [-0.15, -0.1) is 0 Å². The molecule has 31 heavy (non-hydrogen) atoms. The number of nitrogens with one attached hydrogen (secondary N) is 2. The second-order valence-corrected chi connectivity index (χ2v) is 8.05. The Morgan fingerprint density at radius 3 is 2.68 bits per heavy atom. The number of amides is 1. The molecule has 1 aromatic carbocycles. The number of benzene rings is 1. The summed E-state index contributed by atoms with van der Waals surface area (Å²) < 4.78 is 24.3. The molecule has 10 heteroatoms. The molecule has 3 unspecified atom stereocenters. The van der Waals surface area contributed by atoms with Crippen LogP contribution >= 0.6 is 0 Å². The van der Waals surface area contributed by atoms with Crippen LogP contribution in [0.15, 0.2) is 46.8 Å². The van der Waals surface area contributed by atoms with Crippen molar-refractivity contribution in [1.29, 1.82) is 0 Å². The van der Waals surface area contributed by atoms with Crippen LogP contribution in [0.3, 0.4) is 0 Å². The molecule has 4 atom stereocenters. The standard InChI is InChI=1S/C21H21FN4O5/c1-9-15(24-11-5-3-10(22)4-6-11)18(28)14-12(8-31-20(23)29)21(30-2)19-13(25-19)7-26(21)16(14)17(9)27/h3-6,12-13,19,24-25H,7-8H2,1-2H3,(H2,23,29)/t12?,13?,19?,21-/m1/s1. The number of rotatable bonds is 5. The van der Waals surface area contributed by atoms with Crippen molar-refractivity contribution >= 4 is 23.3 Å². The number of hydrogen-bond acceptors (Lipinski definition) is 8. The molecule has 9 nitrogen and oxygen atoms in total. The van der Waals surface area contributed by atoms with E-state index in [1.807, 2.05) is 4.90 Å². The number of nitrogens with zero attached hydrogens (tertiary/aromatic N) is 1. The SMILES string of the molecule is CO[C@@]12C(COC(N)=O)C3=C(C(=O)C(C)=C(Nc4ccc(F)cc4)C3=O)N1CC1NC12. The number of piperazine rings is 1. The first-order valence-corrected chi connectivity index (χ1v) is 9.87. The van der Waals surface area contributed by atoms with Gasteiger partial charge in [-0.05, 0) is 31.2 Å². The average Bonchev–Trinajstić information content (AvgIpc) is 3.35. The number of ether oxygens (including phenoxy) is 2. The molecule has 0 spiro atoms. The second-order valence-electron chi connectivity index (χ2n) is 8.05. The molecule has 162 valence electrons. The zero-order chi connectivity index (χ0) is 22.1. The number of nitrogens with two attached hydrogens (primary N) is 1. The van der Waals surface area contributed by atoms with E-state index < -0.39 is 29.3 Å². The molecule has 0 bridgehead atoms. The Bertz CT molecular complexity index is 1080. The van der Waals surface area contributed by atoms with Crippen LogP contribution in [0, 0.1) is 11.7 Å². The van der Waals surface area contributed by atoms with Gasteiger partial charge in [0.15, 0.2) is 5.72 Å². The molecule has 0 saturated carbocycles. The van der Waals surface area contributed by atoms with Crippen molar-refractivity contribution in [3.05, 3.63) is 52.6 Å². The number of halogens is 1. The van der Waals surface area contributed by atoms with Crippen LogP contribution < -0.4 is 16.4 Å².